The Balaban J connectivity index is 2.14. The number of hydrogen-bond donors (Lipinski definition) is 1. The lowest BCUT2D eigenvalue weighted by Crippen LogP contribution is -2.09. The molecule has 0 amide bonds. The number of nitrogens with two attached hydrogens (primary N) is 1. The molecule has 1 saturated carbocycles. The topological polar surface area (TPSA) is 44.5 Å². The Kier molecular flexibility index (Phi) is 3.34. The minimum atomic E-state index is -0.0138. The quantitative estimate of drug-likeness (QED) is 0.830. The summed E-state index contributed by atoms with van der Waals surface area (Å²) in [4.78, 5) is 0. The van der Waals surface area contributed by atoms with Crippen molar-refractivity contribution in [1.29, 1.82) is 0 Å². The maximum absolute atomic E-state index is 5.91. The van der Waals surface area contributed by atoms with E-state index in [1.165, 1.54) is 12.8 Å². The number of methoxy groups -OCH3 is 1. The highest BCUT2D eigenvalue weighted by Gasteiger charge is 2.22. The Bertz CT molecular complexity index is 359. The van der Waals surface area contributed by atoms with E-state index in [1.54, 1.807) is 7.11 Å². The second-order valence-corrected chi connectivity index (χ2v) is 4.45. The molecule has 88 valence electrons. The number of rotatable bonds is 5. The molecule has 0 spiro atoms. The number of ether oxygens (including phenoxy) is 2. The summed E-state index contributed by atoms with van der Waals surface area (Å²) in [5.41, 5.74) is 6.95. The lowest BCUT2D eigenvalue weighted by atomic mass is 10.1. The van der Waals surface area contributed by atoms with Crippen LogP contribution in [0.25, 0.3) is 0 Å². The third-order valence-electron chi connectivity index (χ3n) is 2.88. The zero-order valence-corrected chi connectivity index (χ0v) is 9.90. The summed E-state index contributed by atoms with van der Waals surface area (Å²) in [5.74, 6) is 2.42. The van der Waals surface area contributed by atoms with Gasteiger partial charge in [-0.25, -0.2) is 0 Å². The van der Waals surface area contributed by atoms with Crippen molar-refractivity contribution >= 4 is 0 Å². The molecule has 0 saturated heterocycles. The zero-order chi connectivity index (χ0) is 11.5. The van der Waals surface area contributed by atoms with Crippen LogP contribution in [0.1, 0.15) is 31.4 Å². The van der Waals surface area contributed by atoms with Gasteiger partial charge in [0, 0.05) is 17.7 Å². The zero-order valence-electron chi connectivity index (χ0n) is 9.90. The first kappa shape index (κ1) is 11.3. The summed E-state index contributed by atoms with van der Waals surface area (Å²) in [6.45, 7) is 2.76. The second kappa shape index (κ2) is 4.74. The van der Waals surface area contributed by atoms with Gasteiger partial charge in [0.15, 0.2) is 0 Å². The Hall–Kier alpha value is -1.22. The van der Waals surface area contributed by atoms with Crippen molar-refractivity contribution in [2.75, 3.05) is 13.7 Å². The van der Waals surface area contributed by atoms with Crippen LogP contribution in [0.5, 0.6) is 11.5 Å². The highest BCUT2D eigenvalue weighted by atomic mass is 16.5. The Morgan fingerprint density at radius 2 is 2.19 bits per heavy atom. The Labute approximate surface area is 96.5 Å². The van der Waals surface area contributed by atoms with E-state index in [1.807, 2.05) is 25.1 Å². The summed E-state index contributed by atoms with van der Waals surface area (Å²) in [7, 11) is 1.66. The molecule has 1 aromatic carbocycles. The Morgan fingerprint density at radius 1 is 1.44 bits per heavy atom. The van der Waals surface area contributed by atoms with E-state index in [-0.39, 0.29) is 6.04 Å². The molecule has 1 fully saturated rings. The molecule has 0 aromatic heterocycles. The molecule has 3 heteroatoms. The molecule has 3 nitrogen and oxygen atoms in total. The van der Waals surface area contributed by atoms with Crippen molar-refractivity contribution in [3.63, 3.8) is 0 Å². The first-order valence-electron chi connectivity index (χ1n) is 5.77. The molecule has 0 heterocycles. The van der Waals surface area contributed by atoms with Gasteiger partial charge in [-0.1, -0.05) is 6.07 Å². The average molecular weight is 221 g/mol. The highest BCUT2D eigenvalue weighted by Crippen LogP contribution is 2.33. The van der Waals surface area contributed by atoms with Crippen LogP contribution in [0.3, 0.4) is 0 Å². The van der Waals surface area contributed by atoms with Crippen LogP contribution in [0.15, 0.2) is 18.2 Å². The second-order valence-electron chi connectivity index (χ2n) is 4.45. The van der Waals surface area contributed by atoms with Gasteiger partial charge in [-0.05, 0) is 31.7 Å². The van der Waals surface area contributed by atoms with Gasteiger partial charge in [0.25, 0.3) is 0 Å². The van der Waals surface area contributed by atoms with E-state index in [9.17, 15) is 0 Å². The fourth-order valence-corrected chi connectivity index (χ4v) is 1.63. The van der Waals surface area contributed by atoms with Crippen LogP contribution in [0.4, 0.5) is 0 Å². The minimum absolute atomic E-state index is 0.0138. The van der Waals surface area contributed by atoms with Gasteiger partial charge >= 0.3 is 0 Å². The van der Waals surface area contributed by atoms with Crippen LogP contribution >= 0.6 is 0 Å². The molecule has 16 heavy (non-hydrogen) atoms. The molecular weight excluding hydrogens is 202 g/mol. The molecule has 1 aliphatic rings. The standard InChI is InChI=1S/C13H19NO2/c1-9(14)12-6-5-11(15-2)7-13(12)16-8-10-3-4-10/h5-7,9-10H,3-4,8,14H2,1-2H3/t9-/m1/s1. The monoisotopic (exact) mass is 221 g/mol. The van der Waals surface area contributed by atoms with Crippen molar-refractivity contribution in [3.05, 3.63) is 23.8 Å². The highest BCUT2D eigenvalue weighted by molar-refractivity contribution is 5.42. The molecule has 0 unspecified atom stereocenters. The van der Waals surface area contributed by atoms with Gasteiger partial charge in [-0.3, -0.25) is 0 Å². The van der Waals surface area contributed by atoms with Crippen molar-refractivity contribution in [2.45, 2.75) is 25.8 Å². The van der Waals surface area contributed by atoms with Crippen LogP contribution in [-0.4, -0.2) is 13.7 Å². The van der Waals surface area contributed by atoms with E-state index in [2.05, 4.69) is 0 Å². The number of hydrogen-bond acceptors (Lipinski definition) is 3. The third-order valence-corrected chi connectivity index (χ3v) is 2.88. The van der Waals surface area contributed by atoms with Gasteiger partial charge in [0.2, 0.25) is 0 Å². The smallest absolute Gasteiger partial charge is 0.127 e. The van der Waals surface area contributed by atoms with E-state index in [0.717, 1.165) is 29.6 Å². The van der Waals surface area contributed by atoms with Crippen LogP contribution in [0, 0.1) is 5.92 Å². The van der Waals surface area contributed by atoms with Gasteiger partial charge in [0.1, 0.15) is 11.5 Å². The maximum Gasteiger partial charge on any atom is 0.127 e. The fourth-order valence-electron chi connectivity index (χ4n) is 1.63. The van der Waals surface area contributed by atoms with Gasteiger partial charge in [-0.15, -0.1) is 0 Å². The SMILES string of the molecule is COc1ccc([C@@H](C)N)c(OCC2CC2)c1. The van der Waals surface area contributed by atoms with Gasteiger partial charge in [-0.2, -0.15) is 0 Å². The molecular formula is C13H19NO2. The molecule has 0 bridgehead atoms. The lowest BCUT2D eigenvalue weighted by Gasteiger charge is -2.15. The summed E-state index contributed by atoms with van der Waals surface area (Å²) >= 11 is 0. The van der Waals surface area contributed by atoms with Crippen molar-refractivity contribution in [3.8, 4) is 11.5 Å². The van der Waals surface area contributed by atoms with E-state index in [0.29, 0.717) is 0 Å². The molecule has 1 atom stereocenters. The normalized spacial score (nSPS) is 16.9. The third kappa shape index (κ3) is 2.67. The van der Waals surface area contributed by atoms with Crippen molar-refractivity contribution < 1.29 is 9.47 Å². The summed E-state index contributed by atoms with van der Waals surface area (Å²) < 4.78 is 11.0. The van der Waals surface area contributed by atoms with E-state index < -0.39 is 0 Å². The summed E-state index contributed by atoms with van der Waals surface area (Å²) in [5, 5.41) is 0. The first-order chi connectivity index (χ1) is 7.70. The lowest BCUT2D eigenvalue weighted by molar-refractivity contribution is 0.293. The molecule has 2 N–H and O–H groups in total. The average Bonchev–Trinajstić information content (AvgIpc) is 3.09. The Morgan fingerprint density at radius 3 is 2.75 bits per heavy atom. The van der Waals surface area contributed by atoms with Crippen LogP contribution < -0.4 is 15.2 Å². The fraction of sp³-hybridized carbons (Fsp3) is 0.538. The summed E-state index contributed by atoms with van der Waals surface area (Å²) in [6, 6.07) is 5.80. The van der Waals surface area contributed by atoms with Gasteiger partial charge in [0.05, 0.1) is 13.7 Å². The van der Waals surface area contributed by atoms with Crippen LogP contribution in [0.2, 0.25) is 0 Å². The molecule has 2 rings (SSSR count). The molecule has 0 aliphatic heterocycles. The van der Waals surface area contributed by atoms with Crippen molar-refractivity contribution in [2.24, 2.45) is 11.7 Å². The summed E-state index contributed by atoms with van der Waals surface area (Å²) in [6.07, 6.45) is 2.58. The predicted molar refractivity (Wildman–Crippen MR) is 63.8 cm³/mol. The molecule has 0 radical (unpaired) electrons. The van der Waals surface area contributed by atoms with Crippen molar-refractivity contribution in [1.82, 2.24) is 0 Å². The first-order valence-corrected chi connectivity index (χ1v) is 5.77. The maximum atomic E-state index is 5.91. The predicted octanol–water partition coefficient (Wildman–Crippen LogP) is 2.50. The van der Waals surface area contributed by atoms with Crippen LogP contribution in [-0.2, 0) is 0 Å². The van der Waals surface area contributed by atoms with E-state index in [4.69, 9.17) is 15.2 Å². The minimum Gasteiger partial charge on any atom is -0.497 e. The molecule has 1 aliphatic carbocycles. The number of benzene rings is 1. The molecule has 1 aromatic rings. The van der Waals surface area contributed by atoms with Gasteiger partial charge < -0.3 is 15.2 Å². The largest absolute Gasteiger partial charge is 0.497 e. The van der Waals surface area contributed by atoms with E-state index >= 15 is 0 Å².